The number of carbonyl (C=O) groups is 1. The predicted molar refractivity (Wildman–Crippen MR) is 93.8 cm³/mol. The molecule has 0 heterocycles. The van der Waals surface area contributed by atoms with E-state index in [4.69, 9.17) is 0 Å². The van der Waals surface area contributed by atoms with Crippen LogP contribution in [0.2, 0.25) is 0 Å². The zero-order chi connectivity index (χ0) is 15.9. The number of hydrogen-bond donors (Lipinski definition) is 0. The molecule has 0 unspecified atom stereocenters. The van der Waals surface area contributed by atoms with Crippen molar-refractivity contribution < 1.29 is 4.79 Å². The smallest absolute Gasteiger partial charge is 0.227 e. The third-order valence-corrected chi connectivity index (χ3v) is 3.88. The molecule has 1 amide bonds. The van der Waals surface area contributed by atoms with Gasteiger partial charge in [-0.3, -0.25) is 4.79 Å². The predicted octanol–water partition coefficient (Wildman–Crippen LogP) is 4.84. The summed E-state index contributed by atoms with van der Waals surface area (Å²) in [7, 11) is 0. The molecule has 0 bridgehead atoms. The first-order valence-electron chi connectivity index (χ1n) is 7.79. The minimum atomic E-state index is 0.125. The fourth-order valence-electron chi connectivity index (χ4n) is 2.63. The van der Waals surface area contributed by atoms with E-state index in [2.05, 4.69) is 25.6 Å². The molecule has 0 fully saturated rings. The summed E-state index contributed by atoms with van der Waals surface area (Å²) in [5.74, 6) is 0.125. The molecule has 0 saturated heterocycles. The Labute approximate surface area is 133 Å². The van der Waals surface area contributed by atoms with Crippen LogP contribution in [0.1, 0.15) is 37.0 Å². The third-order valence-electron chi connectivity index (χ3n) is 3.88. The van der Waals surface area contributed by atoms with Crippen LogP contribution >= 0.6 is 0 Å². The van der Waals surface area contributed by atoms with E-state index in [-0.39, 0.29) is 5.91 Å². The molecule has 114 valence electrons. The SMILES string of the molecule is C=Cc1ccccc1N(Cc1ccccc1CC)C(=O)CC. The molecule has 0 aliphatic rings. The maximum absolute atomic E-state index is 12.5. The Kier molecular flexibility index (Phi) is 5.54. The quantitative estimate of drug-likeness (QED) is 0.746. The summed E-state index contributed by atoms with van der Waals surface area (Å²) in [6.45, 7) is 8.50. The van der Waals surface area contributed by atoms with Crippen molar-refractivity contribution in [2.75, 3.05) is 4.90 Å². The number of rotatable bonds is 6. The minimum absolute atomic E-state index is 0.125. The second-order valence-electron chi connectivity index (χ2n) is 5.22. The van der Waals surface area contributed by atoms with Gasteiger partial charge in [-0.25, -0.2) is 0 Å². The fourth-order valence-corrected chi connectivity index (χ4v) is 2.63. The molecule has 2 heteroatoms. The maximum atomic E-state index is 12.5. The van der Waals surface area contributed by atoms with Crippen molar-refractivity contribution in [2.45, 2.75) is 33.2 Å². The van der Waals surface area contributed by atoms with Gasteiger partial charge in [0.25, 0.3) is 0 Å². The van der Waals surface area contributed by atoms with Crippen molar-refractivity contribution in [1.29, 1.82) is 0 Å². The molecule has 0 saturated carbocycles. The van der Waals surface area contributed by atoms with Crippen LogP contribution in [0.25, 0.3) is 6.08 Å². The molecule has 0 aliphatic heterocycles. The topological polar surface area (TPSA) is 20.3 Å². The number of nitrogens with zero attached hydrogens (tertiary/aromatic N) is 1. The van der Waals surface area contributed by atoms with Crippen molar-refractivity contribution in [3.8, 4) is 0 Å². The molecule has 2 nitrogen and oxygen atoms in total. The Bertz CT molecular complexity index is 660. The van der Waals surface area contributed by atoms with Gasteiger partial charge in [-0.2, -0.15) is 0 Å². The first kappa shape index (κ1) is 16.0. The summed E-state index contributed by atoms with van der Waals surface area (Å²) < 4.78 is 0. The molecule has 2 aromatic carbocycles. The first-order chi connectivity index (χ1) is 10.7. The van der Waals surface area contributed by atoms with Crippen LogP contribution < -0.4 is 4.90 Å². The number of aryl methyl sites for hydroxylation is 1. The van der Waals surface area contributed by atoms with E-state index in [0.29, 0.717) is 13.0 Å². The van der Waals surface area contributed by atoms with E-state index in [1.165, 1.54) is 11.1 Å². The molecule has 0 aliphatic carbocycles. The van der Waals surface area contributed by atoms with Crippen molar-refractivity contribution in [1.82, 2.24) is 0 Å². The summed E-state index contributed by atoms with van der Waals surface area (Å²) >= 11 is 0. The average molecular weight is 293 g/mol. The molecule has 0 spiro atoms. The van der Waals surface area contributed by atoms with Gasteiger partial charge in [0.1, 0.15) is 0 Å². The maximum Gasteiger partial charge on any atom is 0.227 e. The number of para-hydroxylation sites is 1. The van der Waals surface area contributed by atoms with Crippen LogP contribution in [0, 0.1) is 0 Å². The van der Waals surface area contributed by atoms with Crippen LogP contribution in [0.5, 0.6) is 0 Å². The second kappa shape index (κ2) is 7.60. The largest absolute Gasteiger partial charge is 0.307 e. The Morgan fingerprint density at radius 3 is 2.32 bits per heavy atom. The highest BCUT2D eigenvalue weighted by molar-refractivity contribution is 5.95. The zero-order valence-corrected chi connectivity index (χ0v) is 13.4. The highest BCUT2D eigenvalue weighted by atomic mass is 16.2. The third kappa shape index (κ3) is 3.45. The minimum Gasteiger partial charge on any atom is -0.307 e. The van der Waals surface area contributed by atoms with Crippen molar-refractivity contribution in [2.24, 2.45) is 0 Å². The molecular formula is C20H23NO. The van der Waals surface area contributed by atoms with Gasteiger partial charge in [-0.1, -0.05) is 69.0 Å². The number of amides is 1. The van der Waals surface area contributed by atoms with Crippen molar-refractivity contribution in [3.05, 3.63) is 71.8 Å². The molecule has 0 atom stereocenters. The van der Waals surface area contributed by atoms with Gasteiger partial charge in [-0.05, 0) is 29.2 Å². The van der Waals surface area contributed by atoms with Crippen molar-refractivity contribution in [3.63, 3.8) is 0 Å². The van der Waals surface area contributed by atoms with E-state index in [0.717, 1.165) is 17.7 Å². The molecule has 2 aromatic rings. The fraction of sp³-hybridized carbons (Fsp3) is 0.250. The lowest BCUT2D eigenvalue weighted by Crippen LogP contribution is -2.30. The first-order valence-corrected chi connectivity index (χ1v) is 7.79. The number of anilines is 1. The molecule has 0 radical (unpaired) electrons. The van der Waals surface area contributed by atoms with Gasteiger partial charge in [-0.15, -0.1) is 0 Å². The summed E-state index contributed by atoms with van der Waals surface area (Å²) in [5, 5.41) is 0. The van der Waals surface area contributed by atoms with Crippen LogP contribution in [0.3, 0.4) is 0 Å². The van der Waals surface area contributed by atoms with E-state index >= 15 is 0 Å². The molecule has 2 rings (SSSR count). The van der Waals surface area contributed by atoms with Gasteiger partial charge in [0, 0.05) is 6.42 Å². The Hall–Kier alpha value is -2.35. The monoisotopic (exact) mass is 293 g/mol. The number of hydrogen-bond acceptors (Lipinski definition) is 1. The van der Waals surface area contributed by atoms with E-state index in [1.54, 1.807) is 6.08 Å². The standard InChI is InChI=1S/C20H23NO/c1-4-16-11-7-8-13-18(16)15-21(20(22)6-3)19-14-10-9-12-17(19)5-2/h5,7-14H,2,4,6,15H2,1,3H3. The zero-order valence-electron chi connectivity index (χ0n) is 13.4. The average Bonchev–Trinajstić information content (AvgIpc) is 2.59. The molecule has 0 aromatic heterocycles. The summed E-state index contributed by atoms with van der Waals surface area (Å²) in [4.78, 5) is 14.3. The van der Waals surface area contributed by atoms with Crippen LogP contribution in [-0.4, -0.2) is 5.91 Å². The highest BCUT2D eigenvalue weighted by Crippen LogP contribution is 2.25. The Morgan fingerprint density at radius 2 is 1.68 bits per heavy atom. The summed E-state index contributed by atoms with van der Waals surface area (Å²) in [5.41, 5.74) is 4.40. The normalized spacial score (nSPS) is 10.3. The lowest BCUT2D eigenvalue weighted by molar-refractivity contribution is -0.118. The number of carbonyl (C=O) groups excluding carboxylic acids is 1. The van der Waals surface area contributed by atoms with Gasteiger partial charge in [0.15, 0.2) is 0 Å². The van der Waals surface area contributed by atoms with Crippen LogP contribution in [0.4, 0.5) is 5.69 Å². The van der Waals surface area contributed by atoms with Gasteiger partial charge >= 0.3 is 0 Å². The van der Waals surface area contributed by atoms with Gasteiger partial charge < -0.3 is 4.90 Å². The van der Waals surface area contributed by atoms with E-state index in [1.807, 2.05) is 48.2 Å². The van der Waals surface area contributed by atoms with Crippen LogP contribution in [0.15, 0.2) is 55.1 Å². The van der Waals surface area contributed by atoms with Crippen LogP contribution in [-0.2, 0) is 17.8 Å². The lowest BCUT2D eigenvalue weighted by atomic mass is 10.0. The van der Waals surface area contributed by atoms with Gasteiger partial charge in [0.2, 0.25) is 5.91 Å². The summed E-state index contributed by atoms with van der Waals surface area (Å²) in [6.07, 6.45) is 3.25. The molecule has 0 N–H and O–H groups in total. The Balaban J connectivity index is 2.43. The van der Waals surface area contributed by atoms with Crippen molar-refractivity contribution >= 4 is 17.7 Å². The summed E-state index contributed by atoms with van der Waals surface area (Å²) in [6, 6.07) is 16.2. The van der Waals surface area contributed by atoms with E-state index < -0.39 is 0 Å². The molecule has 22 heavy (non-hydrogen) atoms. The number of benzene rings is 2. The highest BCUT2D eigenvalue weighted by Gasteiger charge is 2.17. The second-order valence-corrected chi connectivity index (χ2v) is 5.22. The Morgan fingerprint density at radius 1 is 1.05 bits per heavy atom. The molecular weight excluding hydrogens is 270 g/mol. The lowest BCUT2D eigenvalue weighted by Gasteiger charge is -2.25. The van der Waals surface area contributed by atoms with Gasteiger partial charge in [0.05, 0.1) is 12.2 Å². The van der Waals surface area contributed by atoms with E-state index in [9.17, 15) is 4.79 Å².